The zero-order valence-electron chi connectivity index (χ0n) is 18.6. The van der Waals surface area contributed by atoms with Crippen LogP contribution in [0, 0.1) is 13.8 Å². The molecule has 5 nitrogen and oxygen atoms in total. The normalized spacial score (nSPS) is 11.4. The lowest BCUT2D eigenvalue weighted by molar-refractivity contribution is -0.137. The number of amides is 1. The lowest BCUT2D eigenvalue weighted by Gasteiger charge is -2.14. The molecule has 1 aromatic heterocycles. The molecule has 0 fully saturated rings. The summed E-state index contributed by atoms with van der Waals surface area (Å²) in [5.74, 6) is -0.705. The topological polar surface area (TPSA) is 64.1 Å². The van der Waals surface area contributed by atoms with Crippen molar-refractivity contribution in [1.82, 2.24) is 15.5 Å². The maximum absolute atomic E-state index is 13.2. The number of hydrogen-bond acceptors (Lipinski definition) is 4. The molecule has 0 aliphatic rings. The van der Waals surface area contributed by atoms with Gasteiger partial charge in [0.2, 0.25) is 0 Å². The second-order valence-electron chi connectivity index (χ2n) is 7.96. The minimum absolute atomic E-state index is 0.0938. The van der Waals surface area contributed by atoms with Gasteiger partial charge in [-0.3, -0.25) is 4.79 Å². The number of nitrogens with zero attached hydrogens (tertiary/aromatic N) is 2. The quantitative estimate of drug-likeness (QED) is 0.378. The Morgan fingerprint density at radius 2 is 1.76 bits per heavy atom. The molecule has 0 saturated heterocycles. The lowest BCUT2D eigenvalue weighted by Crippen LogP contribution is -2.27. The first-order valence-electron chi connectivity index (χ1n) is 10.7. The number of aryl methyl sites for hydroxylation is 2. The summed E-state index contributed by atoms with van der Waals surface area (Å²) in [5.41, 5.74) is 3.14. The van der Waals surface area contributed by atoms with E-state index in [0.717, 1.165) is 28.8 Å². The number of carbonyl (C=O) groups is 1. The number of rotatable bonds is 6. The Balaban J connectivity index is 1.61. The highest BCUT2D eigenvalue weighted by atomic mass is 19.4. The van der Waals surface area contributed by atoms with Crippen molar-refractivity contribution in [3.63, 3.8) is 0 Å². The number of fused-ring (bicyclic) bond motifs is 1. The summed E-state index contributed by atoms with van der Waals surface area (Å²) < 4.78 is 45.0. The number of halogens is 3. The van der Waals surface area contributed by atoms with Crippen molar-refractivity contribution in [3.05, 3.63) is 94.5 Å². The van der Waals surface area contributed by atoms with Crippen LogP contribution in [0.5, 0.6) is 11.6 Å². The predicted octanol–water partition coefficient (Wildman–Crippen LogP) is 6.03. The van der Waals surface area contributed by atoms with Crippen LogP contribution < -0.4 is 10.1 Å². The minimum atomic E-state index is -4.53. The molecule has 0 unspecified atom stereocenters. The number of aromatic nitrogens is 2. The second-order valence-corrected chi connectivity index (χ2v) is 7.96. The van der Waals surface area contributed by atoms with Gasteiger partial charge in [0.15, 0.2) is 0 Å². The summed E-state index contributed by atoms with van der Waals surface area (Å²) in [7, 11) is 0. The first kappa shape index (κ1) is 23.2. The van der Waals surface area contributed by atoms with E-state index < -0.39 is 17.6 Å². The molecule has 4 aromatic rings. The Labute approximate surface area is 194 Å². The van der Waals surface area contributed by atoms with Gasteiger partial charge in [0.25, 0.3) is 11.8 Å². The van der Waals surface area contributed by atoms with Crippen LogP contribution in [-0.2, 0) is 12.6 Å². The van der Waals surface area contributed by atoms with Crippen LogP contribution in [0.15, 0.2) is 66.7 Å². The first-order chi connectivity index (χ1) is 16.2. The molecule has 0 aliphatic carbocycles. The highest BCUT2D eigenvalue weighted by molar-refractivity contribution is 6.07. The lowest BCUT2D eigenvalue weighted by atomic mass is 10.0. The van der Waals surface area contributed by atoms with Crippen molar-refractivity contribution in [2.45, 2.75) is 26.4 Å². The Morgan fingerprint density at radius 1 is 0.971 bits per heavy atom. The van der Waals surface area contributed by atoms with E-state index in [9.17, 15) is 18.0 Å². The maximum atomic E-state index is 13.2. The summed E-state index contributed by atoms with van der Waals surface area (Å²) in [4.78, 5) is 13.2. The van der Waals surface area contributed by atoms with Crippen molar-refractivity contribution in [2.24, 2.45) is 0 Å². The molecular weight excluding hydrogens is 443 g/mol. The third-order valence-electron chi connectivity index (χ3n) is 5.42. The predicted molar refractivity (Wildman–Crippen MR) is 123 cm³/mol. The molecule has 0 spiro atoms. The largest absolute Gasteiger partial charge is 0.437 e. The van der Waals surface area contributed by atoms with Gasteiger partial charge in [-0.25, -0.2) is 0 Å². The monoisotopic (exact) mass is 465 g/mol. The Bertz CT molecular complexity index is 1350. The molecule has 1 heterocycles. The molecule has 0 saturated carbocycles. The fraction of sp³-hybridized carbons (Fsp3) is 0.192. The molecule has 174 valence electrons. The highest BCUT2D eigenvalue weighted by Crippen LogP contribution is 2.34. The van der Waals surface area contributed by atoms with Crippen LogP contribution in [0.1, 0.15) is 32.6 Å². The van der Waals surface area contributed by atoms with Gasteiger partial charge >= 0.3 is 6.18 Å². The average Bonchev–Trinajstić information content (AvgIpc) is 2.80. The van der Waals surface area contributed by atoms with Crippen LogP contribution in [0.3, 0.4) is 0 Å². The van der Waals surface area contributed by atoms with Crippen LogP contribution in [0.4, 0.5) is 13.2 Å². The Morgan fingerprint density at radius 3 is 2.53 bits per heavy atom. The number of hydrogen-bond donors (Lipinski definition) is 1. The van der Waals surface area contributed by atoms with Crippen LogP contribution in [0.2, 0.25) is 0 Å². The molecule has 3 aromatic carbocycles. The Kier molecular flexibility index (Phi) is 6.49. The van der Waals surface area contributed by atoms with E-state index in [0.29, 0.717) is 23.9 Å². The summed E-state index contributed by atoms with van der Waals surface area (Å²) in [6.07, 6.45) is -3.90. The van der Waals surface area contributed by atoms with Crippen LogP contribution >= 0.6 is 0 Å². The van der Waals surface area contributed by atoms with E-state index in [1.54, 1.807) is 24.3 Å². The number of alkyl halides is 3. The van der Waals surface area contributed by atoms with Gasteiger partial charge in [-0.05, 0) is 55.7 Å². The fourth-order valence-corrected chi connectivity index (χ4v) is 3.70. The van der Waals surface area contributed by atoms with Gasteiger partial charge in [-0.1, -0.05) is 48.0 Å². The number of ether oxygens (including phenoxy) is 1. The van der Waals surface area contributed by atoms with Crippen molar-refractivity contribution < 1.29 is 22.7 Å². The molecule has 0 bridgehead atoms. The number of carbonyl (C=O) groups excluding carboxylic acids is 1. The molecule has 4 rings (SSSR count). The van der Waals surface area contributed by atoms with E-state index in [4.69, 9.17) is 4.74 Å². The Hall–Kier alpha value is -3.94. The molecule has 0 atom stereocenters. The third kappa shape index (κ3) is 5.17. The zero-order valence-corrected chi connectivity index (χ0v) is 18.6. The summed E-state index contributed by atoms with van der Waals surface area (Å²) in [6, 6.07) is 17.4. The van der Waals surface area contributed by atoms with Crippen molar-refractivity contribution in [3.8, 4) is 11.6 Å². The third-order valence-corrected chi connectivity index (χ3v) is 5.42. The molecule has 0 aliphatic heterocycles. The van der Waals surface area contributed by atoms with Gasteiger partial charge in [0, 0.05) is 11.9 Å². The maximum Gasteiger partial charge on any atom is 0.416 e. The van der Waals surface area contributed by atoms with E-state index >= 15 is 0 Å². The summed E-state index contributed by atoms with van der Waals surface area (Å²) >= 11 is 0. The fourth-order valence-electron chi connectivity index (χ4n) is 3.70. The summed E-state index contributed by atoms with van der Waals surface area (Å²) in [5, 5.41) is 11.4. The highest BCUT2D eigenvalue weighted by Gasteiger charge is 2.31. The van der Waals surface area contributed by atoms with Gasteiger partial charge in [-0.2, -0.15) is 13.2 Å². The first-order valence-corrected chi connectivity index (χ1v) is 10.7. The summed E-state index contributed by atoms with van der Waals surface area (Å²) in [6.45, 7) is 4.40. The number of nitrogens with one attached hydrogen (secondary N) is 1. The smallest absolute Gasteiger partial charge is 0.416 e. The van der Waals surface area contributed by atoms with E-state index in [2.05, 4.69) is 21.6 Å². The van der Waals surface area contributed by atoms with Gasteiger partial charge in [0.05, 0.1) is 11.1 Å². The van der Waals surface area contributed by atoms with Crippen molar-refractivity contribution in [1.29, 1.82) is 0 Å². The molecule has 34 heavy (non-hydrogen) atoms. The van der Waals surface area contributed by atoms with Crippen molar-refractivity contribution in [2.75, 3.05) is 6.54 Å². The van der Waals surface area contributed by atoms with E-state index in [-0.39, 0.29) is 17.2 Å². The molecule has 0 radical (unpaired) electrons. The second kappa shape index (κ2) is 9.51. The van der Waals surface area contributed by atoms with Gasteiger partial charge in [0.1, 0.15) is 11.3 Å². The van der Waals surface area contributed by atoms with E-state index in [1.807, 2.05) is 26.0 Å². The van der Waals surface area contributed by atoms with E-state index in [1.165, 1.54) is 12.1 Å². The van der Waals surface area contributed by atoms with Crippen LogP contribution in [-0.4, -0.2) is 22.6 Å². The standard InChI is InChI=1S/C26H22F3N3O2/c1-16-10-11-18(17(2)14-16)12-13-30-24(33)23-21-8-3-4-9-22(21)31-32-25(23)34-20-7-5-6-19(15-20)26(27,28)29/h3-11,14-15H,12-13H2,1-2H3,(H,30,33). The SMILES string of the molecule is Cc1ccc(CCNC(=O)c2c(Oc3cccc(C(F)(F)F)c3)nnc3ccccc23)c(C)c1. The van der Waals surface area contributed by atoms with Crippen LogP contribution in [0.25, 0.3) is 10.9 Å². The molecular formula is C26H22F3N3O2. The van der Waals surface area contributed by atoms with Gasteiger partial charge < -0.3 is 10.1 Å². The number of benzene rings is 3. The molecule has 1 N–H and O–H groups in total. The van der Waals surface area contributed by atoms with Gasteiger partial charge in [-0.15, -0.1) is 10.2 Å². The zero-order chi connectivity index (χ0) is 24.3. The molecule has 8 heteroatoms. The molecule has 1 amide bonds. The van der Waals surface area contributed by atoms with Crippen molar-refractivity contribution >= 4 is 16.8 Å². The average molecular weight is 465 g/mol. The minimum Gasteiger partial charge on any atom is -0.437 e.